The van der Waals surface area contributed by atoms with Crippen molar-refractivity contribution in [3.8, 4) is 22.3 Å². The molecule has 10 aromatic rings. The number of rotatable bonds is 2. The van der Waals surface area contributed by atoms with Crippen molar-refractivity contribution in [2.24, 2.45) is 0 Å². The predicted octanol–water partition coefficient (Wildman–Crippen LogP) is 13.6. The Balaban J connectivity index is 1.27. The molecule has 0 fully saturated rings. The van der Waals surface area contributed by atoms with Crippen molar-refractivity contribution in [2.45, 2.75) is 12.8 Å². The van der Waals surface area contributed by atoms with E-state index in [1.807, 2.05) is 12.1 Å². The minimum atomic E-state index is 0.860. The highest BCUT2D eigenvalue weighted by Gasteiger charge is 2.27. The van der Waals surface area contributed by atoms with E-state index in [0.717, 1.165) is 67.8 Å². The van der Waals surface area contributed by atoms with Gasteiger partial charge in [0, 0.05) is 27.1 Å². The van der Waals surface area contributed by atoms with Crippen molar-refractivity contribution < 1.29 is 8.83 Å². The molecular formula is C48H28O2. The quantitative estimate of drug-likeness (QED) is 0.177. The zero-order valence-corrected chi connectivity index (χ0v) is 27.1. The molecular weight excluding hydrogens is 609 g/mol. The number of hydrogen-bond donors (Lipinski definition) is 0. The van der Waals surface area contributed by atoms with E-state index in [-0.39, 0.29) is 0 Å². The lowest BCUT2D eigenvalue weighted by molar-refractivity contribution is 0.658. The van der Waals surface area contributed by atoms with Crippen LogP contribution in [0, 0.1) is 0 Å². The average Bonchev–Trinajstić information content (AvgIpc) is 3.74. The molecule has 12 rings (SSSR count). The van der Waals surface area contributed by atoms with Gasteiger partial charge in [-0.1, -0.05) is 127 Å². The molecule has 0 unspecified atom stereocenters. The molecule has 0 bridgehead atoms. The largest absolute Gasteiger partial charge is 0.455 e. The highest BCUT2D eigenvalue weighted by Crippen LogP contribution is 2.52. The summed E-state index contributed by atoms with van der Waals surface area (Å²) >= 11 is 0. The van der Waals surface area contributed by atoms with E-state index in [1.54, 1.807) is 0 Å². The smallest absolute Gasteiger partial charge is 0.147 e. The predicted molar refractivity (Wildman–Crippen MR) is 210 cm³/mol. The summed E-state index contributed by atoms with van der Waals surface area (Å²) in [4.78, 5) is 0. The summed E-state index contributed by atoms with van der Waals surface area (Å²) in [6.07, 6.45) is 8.99. The maximum Gasteiger partial charge on any atom is 0.147 e. The molecule has 232 valence electrons. The minimum absolute atomic E-state index is 0.860. The van der Waals surface area contributed by atoms with Crippen LogP contribution in [0.4, 0.5) is 0 Å². The number of furan rings is 2. The summed E-state index contributed by atoms with van der Waals surface area (Å²) in [7, 11) is 0. The molecule has 2 heterocycles. The normalized spacial score (nSPS) is 13.9. The van der Waals surface area contributed by atoms with Crippen molar-refractivity contribution in [3.63, 3.8) is 0 Å². The monoisotopic (exact) mass is 636 g/mol. The van der Waals surface area contributed by atoms with Crippen molar-refractivity contribution >= 4 is 87.8 Å². The van der Waals surface area contributed by atoms with Gasteiger partial charge in [-0.25, -0.2) is 0 Å². The molecule has 50 heavy (non-hydrogen) atoms. The third-order valence-electron chi connectivity index (χ3n) is 11.3. The number of benzene rings is 8. The Hall–Kier alpha value is -6.38. The molecule has 0 N–H and O–H groups in total. The van der Waals surface area contributed by atoms with Gasteiger partial charge in [0.25, 0.3) is 0 Å². The Morgan fingerprint density at radius 2 is 1.00 bits per heavy atom. The van der Waals surface area contributed by atoms with E-state index in [9.17, 15) is 0 Å². The molecule has 0 atom stereocenters. The number of fused-ring (bicyclic) bond motifs is 8. The van der Waals surface area contributed by atoms with E-state index in [4.69, 9.17) is 8.83 Å². The third-order valence-corrected chi connectivity index (χ3v) is 11.3. The van der Waals surface area contributed by atoms with Gasteiger partial charge < -0.3 is 8.83 Å². The third kappa shape index (κ3) is 3.38. The van der Waals surface area contributed by atoms with Crippen LogP contribution in [0.2, 0.25) is 0 Å². The molecule has 2 nitrogen and oxygen atoms in total. The molecule has 0 saturated carbocycles. The van der Waals surface area contributed by atoms with E-state index < -0.39 is 0 Å². The lowest BCUT2D eigenvalue weighted by atomic mass is 9.77. The zero-order chi connectivity index (χ0) is 32.5. The maximum absolute atomic E-state index is 6.83. The fourth-order valence-electron chi connectivity index (χ4n) is 9.22. The molecule has 0 saturated heterocycles. The van der Waals surface area contributed by atoms with Gasteiger partial charge in [-0.3, -0.25) is 0 Å². The van der Waals surface area contributed by atoms with Crippen molar-refractivity contribution in [3.05, 3.63) is 156 Å². The Labute approximate surface area is 287 Å². The van der Waals surface area contributed by atoms with E-state index in [1.165, 1.54) is 65.7 Å². The highest BCUT2D eigenvalue weighted by molar-refractivity contribution is 6.30. The Kier molecular flexibility index (Phi) is 5.11. The van der Waals surface area contributed by atoms with Crippen LogP contribution in [-0.2, 0) is 6.42 Å². The number of hydrogen-bond acceptors (Lipinski definition) is 2. The minimum Gasteiger partial charge on any atom is -0.455 e. The van der Waals surface area contributed by atoms with Crippen LogP contribution in [0.15, 0.2) is 148 Å². The summed E-state index contributed by atoms with van der Waals surface area (Å²) < 4.78 is 13.7. The van der Waals surface area contributed by atoms with Crippen LogP contribution in [0.3, 0.4) is 0 Å². The Bertz CT molecular complexity index is 3050. The summed E-state index contributed by atoms with van der Waals surface area (Å²) in [6, 6.07) is 46.2. The first-order chi connectivity index (χ1) is 24.8. The fourth-order valence-corrected chi connectivity index (χ4v) is 9.22. The second-order valence-electron chi connectivity index (χ2n) is 13.8. The topological polar surface area (TPSA) is 26.3 Å². The van der Waals surface area contributed by atoms with Gasteiger partial charge in [-0.05, 0) is 96.7 Å². The average molecular weight is 637 g/mol. The molecule has 0 amide bonds. The van der Waals surface area contributed by atoms with Crippen LogP contribution >= 0.6 is 0 Å². The van der Waals surface area contributed by atoms with Crippen LogP contribution in [0.5, 0.6) is 0 Å². The molecule has 2 aromatic heterocycles. The van der Waals surface area contributed by atoms with Crippen LogP contribution in [-0.4, -0.2) is 0 Å². The molecule has 2 heteroatoms. The lowest BCUT2D eigenvalue weighted by Gasteiger charge is -2.26. The second kappa shape index (κ2) is 9.62. The molecule has 2 aliphatic rings. The zero-order valence-electron chi connectivity index (χ0n) is 27.1. The van der Waals surface area contributed by atoms with Gasteiger partial charge in [0.15, 0.2) is 0 Å². The summed E-state index contributed by atoms with van der Waals surface area (Å²) in [5.41, 5.74) is 13.9. The molecule has 0 radical (unpaired) electrons. The van der Waals surface area contributed by atoms with Gasteiger partial charge >= 0.3 is 0 Å². The summed E-state index contributed by atoms with van der Waals surface area (Å²) in [5, 5.41) is 12.0. The van der Waals surface area contributed by atoms with Crippen LogP contribution in [0.1, 0.15) is 23.1 Å². The van der Waals surface area contributed by atoms with Gasteiger partial charge in [0.05, 0.1) is 5.56 Å². The van der Waals surface area contributed by atoms with Crippen LogP contribution in [0.25, 0.3) is 110 Å². The first-order valence-electron chi connectivity index (χ1n) is 17.5. The Morgan fingerprint density at radius 3 is 1.64 bits per heavy atom. The molecule has 2 aliphatic carbocycles. The Morgan fingerprint density at radius 1 is 0.440 bits per heavy atom. The van der Waals surface area contributed by atoms with E-state index >= 15 is 0 Å². The van der Waals surface area contributed by atoms with E-state index in [2.05, 4.69) is 133 Å². The highest BCUT2D eigenvalue weighted by atomic mass is 16.3. The van der Waals surface area contributed by atoms with Gasteiger partial charge in [0.1, 0.15) is 22.3 Å². The van der Waals surface area contributed by atoms with Gasteiger partial charge in [-0.2, -0.15) is 0 Å². The van der Waals surface area contributed by atoms with Crippen molar-refractivity contribution in [1.82, 2.24) is 0 Å². The van der Waals surface area contributed by atoms with Gasteiger partial charge in [-0.15, -0.1) is 0 Å². The van der Waals surface area contributed by atoms with Crippen molar-refractivity contribution in [2.75, 3.05) is 0 Å². The second-order valence-corrected chi connectivity index (χ2v) is 13.8. The van der Waals surface area contributed by atoms with Crippen LogP contribution < -0.4 is 0 Å². The summed E-state index contributed by atoms with van der Waals surface area (Å²) in [6.45, 7) is 0. The fraction of sp³-hybridized carbons (Fsp3) is 0.0417. The molecule has 0 aliphatic heterocycles. The van der Waals surface area contributed by atoms with E-state index in [0.29, 0.717) is 0 Å². The SMILES string of the molecule is C1=Cc2ccc3ccc(-c4c5ccccc5c(-c5c6oc7ccccc7c6cc6c5oc5ccccc56)c5ccccc45)c4c3c2C(=CC4)C1. The standard InChI is InChI=1S/C48H28O2/c1-3-16-34-32(14-1)44(37-25-23-29-21-20-27-10-9-11-28-22-24-36(37)43(29)42(27)28)33-15-2-4-17-35(33)45(34)46-47-38(30-12-5-7-18-40(30)49-47)26-39-31-13-6-8-19-41(31)50-48(39)46/h1-10,12-23,25-26H,11,24H2. The lowest BCUT2D eigenvalue weighted by Crippen LogP contribution is -2.05. The molecule has 0 spiro atoms. The number of allylic oxidation sites excluding steroid dienone is 3. The van der Waals surface area contributed by atoms with Crippen molar-refractivity contribution in [1.29, 1.82) is 0 Å². The summed E-state index contributed by atoms with van der Waals surface area (Å²) in [5.74, 6) is 0. The first kappa shape index (κ1) is 26.6. The maximum atomic E-state index is 6.83. The number of para-hydroxylation sites is 2. The first-order valence-corrected chi connectivity index (χ1v) is 17.5. The van der Waals surface area contributed by atoms with Gasteiger partial charge in [0.2, 0.25) is 0 Å². The molecule has 8 aromatic carbocycles.